The van der Waals surface area contributed by atoms with Gasteiger partial charge < -0.3 is 4.57 Å². The van der Waals surface area contributed by atoms with Crippen LogP contribution in [0.2, 0.25) is 0 Å². The molecule has 0 spiro atoms. The van der Waals surface area contributed by atoms with Gasteiger partial charge in [0.2, 0.25) is 0 Å². The first kappa shape index (κ1) is 25.4. The maximum atomic E-state index is 5.06. The highest BCUT2D eigenvalue weighted by molar-refractivity contribution is 5.88. The number of aryl methyl sites for hydroxylation is 1. The molecule has 206 valence electrons. The molecule has 1 aliphatic rings. The van der Waals surface area contributed by atoms with E-state index in [0.29, 0.717) is 0 Å². The fourth-order valence-electron chi connectivity index (χ4n) is 6.50. The molecule has 2 aromatic heterocycles. The van der Waals surface area contributed by atoms with Crippen LogP contribution in [-0.4, -0.2) is 14.5 Å². The number of benzene rings is 5. The highest BCUT2D eigenvalue weighted by Gasteiger charge is 2.20. The zero-order valence-corrected chi connectivity index (χ0v) is 23.9. The van der Waals surface area contributed by atoms with Crippen molar-refractivity contribution in [3.63, 3.8) is 0 Å². The van der Waals surface area contributed by atoms with E-state index < -0.39 is 0 Å². The highest BCUT2D eigenvalue weighted by Crippen LogP contribution is 2.35. The summed E-state index contributed by atoms with van der Waals surface area (Å²) in [6.07, 6.45) is 4.82. The zero-order chi connectivity index (χ0) is 28.6. The van der Waals surface area contributed by atoms with Gasteiger partial charge in [0, 0.05) is 33.5 Å². The lowest BCUT2D eigenvalue weighted by molar-refractivity contribution is 0.667. The van der Waals surface area contributed by atoms with E-state index in [4.69, 9.17) is 9.97 Å². The second-order valence-electron chi connectivity index (χ2n) is 11.3. The highest BCUT2D eigenvalue weighted by atomic mass is 15.0. The summed E-state index contributed by atoms with van der Waals surface area (Å²) in [5, 5.41) is 1.40. The van der Waals surface area contributed by atoms with Crippen molar-refractivity contribution in [1.29, 1.82) is 0 Å². The van der Waals surface area contributed by atoms with Gasteiger partial charge in [-0.1, -0.05) is 115 Å². The van der Waals surface area contributed by atoms with E-state index in [1.165, 1.54) is 58.2 Å². The van der Waals surface area contributed by atoms with Gasteiger partial charge >= 0.3 is 0 Å². The summed E-state index contributed by atoms with van der Waals surface area (Å²) in [5.41, 5.74) is 12.9. The SMILES string of the molecule is c1ccc(-c2ccc(-c3cc(-c4ccc(-n5c6c(c7ccccc75)CCCC6)cc4)nc(-c4ccccc4)n3)cc2)cc1. The number of para-hydroxylation sites is 1. The third kappa shape index (κ3) is 4.73. The molecule has 0 radical (unpaired) electrons. The van der Waals surface area contributed by atoms with E-state index in [-0.39, 0.29) is 0 Å². The Bertz CT molecular complexity index is 2040. The smallest absolute Gasteiger partial charge is 0.160 e. The normalized spacial score (nSPS) is 12.7. The second-order valence-corrected chi connectivity index (χ2v) is 11.3. The van der Waals surface area contributed by atoms with E-state index in [2.05, 4.69) is 120 Å². The summed E-state index contributed by atoms with van der Waals surface area (Å²) in [7, 11) is 0. The van der Waals surface area contributed by atoms with Gasteiger partial charge in [-0.3, -0.25) is 0 Å². The Morgan fingerprint density at radius 2 is 1.00 bits per heavy atom. The summed E-state index contributed by atoms with van der Waals surface area (Å²) >= 11 is 0. The molecule has 8 rings (SSSR count). The van der Waals surface area contributed by atoms with Crippen molar-refractivity contribution in [2.45, 2.75) is 25.7 Å². The largest absolute Gasteiger partial charge is 0.313 e. The molecule has 3 nitrogen and oxygen atoms in total. The van der Waals surface area contributed by atoms with Crippen LogP contribution in [0.4, 0.5) is 0 Å². The minimum absolute atomic E-state index is 0.731. The van der Waals surface area contributed by atoms with E-state index in [1.54, 1.807) is 0 Å². The van der Waals surface area contributed by atoms with Gasteiger partial charge in [0.15, 0.2) is 5.82 Å². The van der Waals surface area contributed by atoms with Crippen LogP contribution in [0.3, 0.4) is 0 Å². The first-order chi connectivity index (χ1) is 21.3. The lowest BCUT2D eigenvalue weighted by Gasteiger charge is -2.16. The van der Waals surface area contributed by atoms with Gasteiger partial charge in [0.05, 0.1) is 16.9 Å². The minimum atomic E-state index is 0.731. The van der Waals surface area contributed by atoms with Crippen LogP contribution in [0.15, 0.2) is 140 Å². The molecule has 0 bridgehead atoms. The molecule has 1 aliphatic carbocycles. The van der Waals surface area contributed by atoms with Crippen molar-refractivity contribution in [2.75, 3.05) is 0 Å². The summed E-state index contributed by atoms with van der Waals surface area (Å²) in [6, 6.07) is 49.3. The van der Waals surface area contributed by atoms with Crippen molar-refractivity contribution in [3.05, 3.63) is 151 Å². The number of nitrogens with zero attached hydrogens (tertiary/aromatic N) is 3. The first-order valence-corrected chi connectivity index (χ1v) is 15.1. The molecule has 0 amide bonds. The van der Waals surface area contributed by atoms with Gasteiger partial charge in [-0.2, -0.15) is 0 Å². The maximum Gasteiger partial charge on any atom is 0.160 e. The van der Waals surface area contributed by atoms with Gasteiger partial charge in [0.25, 0.3) is 0 Å². The molecule has 0 atom stereocenters. The molecule has 43 heavy (non-hydrogen) atoms. The van der Waals surface area contributed by atoms with Gasteiger partial charge in [-0.05, 0) is 66.6 Å². The van der Waals surface area contributed by atoms with Crippen LogP contribution < -0.4 is 0 Å². The molecule has 0 saturated heterocycles. The van der Waals surface area contributed by atoms with Crippen molar-refractivity contribution in [1.82, 2.24) is 14.5 Å². The molecular formula is C40H31N3. The minimum Gasteiger partial charge on any atom is -0.313 e. The van der Waals surface area contributed by atoms with Crippen LogP contribution in [0.5, 0.6) is 0 Å². The number of rotatable bonds is 5. The van der Waals surface area contributed by atoms with Gasteiger partial charge in [-0.15, -0.1) is 0 Å². The third-order valence-electron chi connectivity index (χ3n) is 8.65. The molecule has 0 aliphatic heterocycles. The number of hydrogen-bond acceptors (Lipinski definition) is 2. The Morgan fingerprint density at radius 3 is 1.70 bits per heavy atom. The number of aromatic nitrogens is 3. The molecule has 2 heterocycles. The lowest BCUT2D eigenvalue weighted by Crippen LogP contribution is -2.06. The summed E-state index contributed by atoms with van der Waals surface area (Å²) < 4.78 is 2.47. The van der Waals surface area contributed by atoms with E-state index in [0.717, 1.165) is 40.3 Å². The van der Waals surface area contributed by atoms with Crippen molar-refractivity contribution in [2.24, 2.45) is 0 Å². The molecule has 0 unspecified atom stereocenters. The second kappa shape index (κ2) is 10.8. The van der Waals surface area contributed by atoms with Gasteiger partial charge in [-0.25, -0.2) is 9.97 Å². The molecule has 5 aromatic carbocycles. The Kier molecular flexibility index (Phi) is 6.42. The number of fused-ring (bicyclic) bond motifs is 3. The average Bonchev–Trinajstić information content (AvgIpc) is 3.43. The van der Waals surface area contributed by atoms with E-state index >= 15 is 0 Å². The van der Waals surface area contributed by atoms with E-state index in [9.17, 15) is 0 Å². The molecule has 0 saturated carbocycles. The molecule has 0 N–H and O–H groups in total. The Morgan fingerprint density at radius 1 is 0.465 bits per heavy atom. The molecular weight excluding hydrogens is 522 g/mol. The van der Waals surface area contributed by atoms with Crippen molar-refractivity contribution in [3.8, 4) is 50.7 Å². The zero-order valence-electron chi connectivity index (χ0n) is 23.9. The average molecular weight is 554 g/mol. The Labute approximate surface area is 252 Å². The quantitative estimate of drug-likeness (QED) is 0.212. The topological polar surface area (TPSA) is 30.7 Å². The fraction of sp³-hybridized carbons (Fsp3) is 0.100. The Balaban J connectivity index is 1.20. The monoisotopic (exact) mass is 553 g/mol. The first-order valence-electron chi connectivity index (χ1n) is 15.1. The van der Waals surface area contributed by atoms with E-state index in [1.807, 2.05) is 24.3 Å². The van der Waals surface area contributed by atoms with Crippen LogP contribution in [0.25, 0.3) is 61.6 Å². The molecule has 7 aromatic rings. The van der Waals surface area contributed by atoms with Crippen molar-refractivity contribution >= 4 is 10.9 Å². The maximum absolute atomic E-state index is 5.06. The van der Waals surface area contributed by atoms with Crippen LogP contribution >= 0.6 is 0 Å². The standard InChI is InChI=1S/C40H31N3/c1-3-11-28(12-4-1)29-19-21-30(22-20-29)36-27-37(42-40(41-36)32-13-5-2-6-14-32)31-23-25-33(26-24-31)43-38-17-9-7-15-34(38)35-16-8-10-18-39(35)43/h1-7,9,11-15,17,19-27H,8,10,16,18H2. The third-order valence-corrected chi connectivity index (χ3v) is 8.65. The van der Waals surface area contributed by atoms with Crippen LogP contribution in [0.1, 0.15) is 24.1 Å². The van der Waals surface area contributed by atoms with Crippen LogP contribution in [0, 0.1) is 0 Å². The summed E-state index contributed by atoms with van der Waals surface area (Å²) in [4.78, 5) is 10.1. The fourth-order valence-corrected chi connectivity index (χ4v) is 6.50. The number of hydrogen-bond donors (Lipinski definition) is 0. The van der Waals surface area contributed by atoms with Gasteiger partial charge in [0.1, 0.15) is 0 Å². The van der Waals surface area contributed by atoms with Crippen LogP contribution in [-0.2, 0) is 12.8 Å². The Hall–Kier alpha value is -5.28. The predicted octanol–water partition coefficient (Wildman–Crippen LogP) is 9.97. The predicted molar refractivity (Wildman–Crippen MR) is 177 cm³/mol. The molecule has 0 fully saturated rings. The summed E-state index contributed by atoms with van der Waals surface area (Å²) in [6.45, 7) is 0. The molecule has 3 heteroatoms. The summed E-state index contributed by atoms with van der Waals surface area (Å²) in [5.74, 6) is 0.731. The van der Waals surface area contributed by atoms with Crippen molar-refractivity contribution < 1.29 is 0 Å². The lowest BCUT2D eigenvalue weighted by atomic mass is 9.95.